The van der Waals surface area contributed by atoms with Crippen molar-refractivity contribution in [3.63, 3.8) is 0 Å². The molecule has 0 unspecified atom stereocenters. The van der Waals surface area contributed by atoms with Gasteiger partial charge in [-0.3, -0.25) is 0 Å². The van der Waals surface area contributed by atoms with E-state index < -0.39 is 0 Å². The molecule has 0 aromatic carbocycles. The van der Waals surface area contributed by atoms with Crippen LogP contribution in [0, 0.1) is 0 Å². The SMILES string of the molecule is C/C=C(F)\C=C\CCCC. The second-order valence-corrected chi connectivity index (χ2v) is 2.22. The number of allylic oxidation sites excluding steroid dienone is 4. The Hall–Kier alpha value is -0.590. The molecule has 0 rings (SSSR count). The van der Waals surface area contributed by atoms with E-state index in [4.69, 9.17) is 0 Å². The Balaban J connectivity index is 3.37. The van der Waals surface area contributed by atoms with Crippen LogP contribution in [0.15, 0.2) is 24.1 Å². The predicted molar refractivity (Wildman–Crippen MR) is 43.5 cm³/mol. The Labute approximate surface area is 62.4 Å². The number of hydrogen-bond donors (Lipinski definition) is 0. The summed E-state index contributed by atoms with van der Waals surface area (Å²) in [5.74, 6) is -0.142. The van der Waals surface area contributed by atoms with Crippen molar-refractivity contribution in [2.45, 2.75) is 33.1 Å². The van der Waals surface area contributed by atoms with Crippen molar-refractivity contribution in [1.82, 2.24) is 0 Å². The van der Waals surface area contributed by atoms with Crippen LogP contribution in [-0.4, -0.2) is 0 Å². The van der Waals surface area contributed by atoms with E-state index in [-0.39, 0.29) is 5.83 Å². The van der Waals surface area contributed by atoms with E-state index >= 15 is 0 Å². The second-order valence-electron chi connectivity index (χ2n) is 2.22. The molecule has 0 saturated heterocycles. The minimum Gasteiger partial charge on any atom is -0.207 e. The van der Waals surface area contributed by atoms with Crippen molar-refractivity contribution in [3.8, 4) is 0 Å². The molecular weight excluding hydrogens is 127 g/mol. The van der Waals surface area contributed by atoms with Crippen LogP contribution >= 0.6 is 0 Å². The summed E-state index contributed by atoms with van der Waals surface area (Å²) in [5, 5.41) is 0. The summed E-state index contributed by atoms with van der Waals surface area (Å²) in [7, 11) is 0. The maximum Gasteiger partial charge on any atom is 0.118 e. The number of hydrogen-bond acceptors (Lipinski definition) is 0. The first-order chi connectivity index (χ1) is 4.81. The van der Waals surface area contributed by atoms with Gasteiger partial charge in [0.2, 0.25) is 0 Å². The molecule has 0 N–H and O–H groups in total. The van der Waals surface area contributed by atoms with Crippen molar-refractivity contribution in [3.05, 3.63) is 24.1 Å². The number of unbranched alkanes of at least 4 members (excludes halogenated alkanes) is 2. The third-order valence-electron chi connectivity index (χ3n) is 1.28. The van der Waals surface area contributed by atoms with Gasteiger partial charge in [-0.25, -0.2) is 4.39 Å². The summed E-state index contributed by atoms with van der Waals surface area (Å²) in [5.41, 5.74) is 0. The predicted octanol–water partition coefficient (Wildman–Crippen LogP) is 3.61. The smallest absolute Gasteiger partial charge is 0.118 e. The Morgan fingerprint density at radius 3 is 2.70 bits per heavy atom. The van der Waals surface area contributed by atoms with Crippen molar-refractivity contribution < 1.29 is 4.39 Å². The zero-order valence-electron chi connectivity index (χ0n) is 6.73. The molecule has 0 aromatic rings. The van der Waals surface area contributed by atoms with Gasteiger partial charge in [0.15, 0.2) is 0 Å². The summed E-state index contributed by atoms with van der Waals surface area (Å²) in [4.78, 5) is 0. The van der Waals surface area contributed by atoms with Gasteiger partial charge in [-0.1, -0.05) is 31.9 Å². The van der Waals surface area contributed by atoms with Crippen LogP contribution in [-0.2, 0) is 0 Å². The largest absolute Gasteiger partial charge is 0.207 e. The topological polar surface area (TPSA) is 0 Å². The molecule has 0 saturated carbocycles. The molecule has 0 aliphatic carbocycles. The van der Waals surface area contributed by atoms with Gasteiger partial charge in [0.1, 0.15) is 5.83 Å². The first-order valence-electron chi connectivity index (χ1n) is 3.79. The van der Waals surface area contributed by atoms with E-state index in [9.17, 15) is 4.39 Å². The molecule has 0 spiro atoms. The van der Waals surface area contributed by atoms with E-state index in [0.29, 0.717) is 0 Å². The molecule has 0 nitrogen and oxygen atoms in total. The highest BCUT2D eigenvalue weighted by Gasteiger charge is 1.81. The number of rotatable bonds is 4. The molecule has 0 fully saturated rings. The van der Waals surface area contributed by atoms with E-state index in [1.54, 1.807) is 6.92 Å². The standard InChI is InChI=1S/C9H15F/c1-3-5-6-7-8-9(10)4-2/h4,7-8H,3,5-6H2,1-2H3/b8-7+,9-4+. The monoisotopic (exact) mass is 142 g/mol. The van der Waals surface area contributed by atoms with E-state index in [0.717, 1.165) is 12.8 Å². The zero-order valence-corrected chi connectivity index (χ0v) is 6.73. The van der Waals surface area contributed by atoms with Crippen molar-refractivity contribution >= 4 is 0 Å². The molecule has 1 heteroatoms. The highest BCUT2D eigenvalue weighted by Crippen LogP contribution is 2.01. The number of halogens is 1. The Morgan fingerprint density at radius 2 is 2.20 bits per heavy atom. The lowest BCUT2D eigenvalue weighted by Gasteiger charge is -1.87. The van der Waals surface area contributed by atoms with Gasteiger partial charge in [-0.2, -0.15) is 0 Å². The quantitative estimate of drug-likeness (QED) is 0.415. The van der Waals surface area contributed by atoms with Gasteiger partial charge >= 0.3 is 0 Å². The van der Waals surface area contributed by atoms with Crippen LogP contribution in [0.2, 0.25) is 0 Å². The fourth-order valence-corrected chi connectivity index (χ4v) is 0.614. The van der Waals surface area contributed by atoms with E-state index in [2.05, 4.69) is 6.92 Å². The molecule has 0 heterocycles. The van der Waals surface area contributed by atoms with E-state index in [1.807, 2.05) is 6.08 Å². The molecule has 0 aromatic heterocycles. The van der Waals surface area contributed by atoms with Gasteiger partial charge in [0.05, 0.1) is 0 Å². The van der Waals surface area contributed by atoms with Crippen molar-refractivity contribution in [2.75, 3.05) is 0 Å². The first-order valence-corrected chi connectivity index (χ1v) is 3.79. The Bertz CT molecular complexity index is 123. The molecule has 0 aliphatic heterocycles. The molecule has 58 valence electrons. The summed E-state index contributed by atoms with van der Waals surface area (Å²) in [6, 6.07) is 0. The minimum absolute atomic E-state index is 0.142. The van der Waals surface area contributed by atoms with Crippen LogP contribution in [0.25, 0.3) is 0 Å². The van der Waals surface area contributed by atoms with Crippen molar-refractivity contribution in [1.29, 1.82) is 0 Å². The van der Waals surface area contributed by atoms with Crippen molar-refractivity contribution in [2.24, 2.45) is 0 Å². The molecule has 0 radical (unpaired) electrons. The molecule has 0 amide bonds. The van der Waals surface area contributed by atoms with Crippen LogP contribution < -0.4 is 0 Å². The maximum absolute atomic E-state index is 12.3. The molecule has 0 bridgehead atoms. The van der Waals surface area contributed by atoms with E-state index in [1.165, 1.54) is 18.6 Å². The zero-order chi connectivity index (χ0) is 7.82. The average molecular weight is 142 g/mol. The fraction of sp³-hybridized carbons (Fsp3) is 0.556. The minimum atomic E-state index is -0.142. The summed E-state index contributed by atoms with van der Waals surface area (Å²) < 4.78 is 12.3. The second kappa shape index (κ2) is 6.53. The lowest BCUT2D eigenvalue weighted by Crippen LogP contribution is -1.67. The van der Waals surface area contributed by atoms with Gasteiger partial charge in [0, 0.05) is 0 Å². The lowest BCUT2D eigenvalue weighted by molar-refractivity contribution is 0.663. The van der Waals surface area contributed by atoms with Crippen LogP contribution in [0.4, 0.5) is 4.39 Å². The van der Waals surface area contributed by atoms with Gasteiger partial charge in [-0.15, -0.1) is 0 Å². The highest BCUT2D eigenvalue weighted by atomic mass is 19.1. The first kappa shape index (κ1) is 9.41. The third kappa shape index (κ3) is 5.54. The van der Waals surface area contributed by atoms with Gasteiger partial charge < -0.3 is 0 Å². The average Bonchev–Trinajstić information content (AvgIpc) is 1.98. The maximum atomic E-state index is 12.3. The normalized spacial score (nSPS) is 12.9. The highest BCUT2D eigenvalue weighted by molar-refractivity contribution is 5.09. The summed E-state index contributed by atoms with van der Waals surface area (Å²) in [6.07, 6.45) is 8.16. The summed E-state index contributed by atoms with van der Waals surface area (Å²) in [6.45, 7) is 3.82. The molecule has 0 atom stereocenters. The van der Waals surface area contributed by atoms with Crippen LogP contribution in [0.3, 0.4) is 0 Å². The fourth-order valence-electron chi connectivity index (χ4n) is 0.614. The lowest BCUT2D eigenvalue weighted by atomic mass is 10.2. The molecular formula is C9H15F. The molecule has 0 aliphatic rings. The van der Waals surface area contributed by atoms with Gasteiger partial charge in [-0.05, 0) is 19.4 Å². The van der Waals surface area contributed by atoms with Crippen LogP contribution in [0.5, 0.6) is 0 Å². The molecule has 10 heavy (non-hydrogen) atoms. The Morgan fingerprint density at radius 1 is 1.50 bits per heavy atom. The summed E-state index contributed by atoms with van der Waals surface area (Å²) >= 11 is 0. The van der Waals surface area contributed by atoms with Crippen LogP contribution in [0.1, 0.15) is 33.1 Å². The third-order valence-corrected chi connectivity index (χ3v) is 1.28. The van der Waals surface area contributed by atoms with Gasteiger partial charge in [0.25, 0.3) is 0 Å². The Kier molecular flexibility index (Phi) is 6.14.